The van der Waals surface area contributed by atoms with Gasteiger partial charge in [0.05, 0.1) is 17.5 Å². The molecular formula is C10H20BrNO3S. The summed E-state index contributed by atoms with van der Waals surface area (Å²) < 4.78 is 31.0. The molecule has 0 aromatic carbocycles. The number of morpholine rings is 1. The summed E-state index contributed by atoms with van der Waals surface area (Å²) in [6, 6.07) is -0.0838. The number of hydrogen-bond acceptors (Lipinski definition) is 3. The normalized spacial score (nSPS) is 29.3. The topological polar surface area (TPSA) is 46.6 Å². The van der Waals surface area contributed by atoms with Gasteiger partial charge in [-0.3, -0.25) is 0 Å². The lowest BCUT2D eigenvalue weighted by atomic mass is 10.2. The number of ether oxygens (including phenoxy) is 1. The van der Waals surface area contributed by atoms with E-state index in [1.165, 1.54) is 0 Å². The number of alkyl halides is 1. The van der Waals surface area contributed by atoms with Crippen LogP contribution in [-0.2, 0) is 14.8 Å². The van der Waals surface area contributed by atoms with Crippen molar-refractivity contribution < 1.29 is 13.2 Å². The monoisotopic (exact) mass is 313 g/mol. The third kappa shape index (κ3) is 2.78. The molecule has 2 atom stereocenters. The van der Waals surface area contributed by atoms with Crippen molar-refractivity contribution in [1.29, 1.82) is 0 Å². The van der Waals surface area contributed by atoms with Crippen LogP contribution in [0, 0.1) is 0 Å². The van der Waals surface area contributed by atoms with Gasteiger partial charge in [0.1, 0.15) is 0 Å². The van der Waals surface area contributed by atoms with Crippen molar-refractivity contribution in [3.63, 3.8) is 0 Å². The molecule has 16 heavy (non-hydrogen) atoms. The lowest BCUT2D eigenvalue weighted by Crippen LogP contribution is -2.55. The molecule has 0 N–H and O–H groups in total. The molecule has 96 valence electrons. The molecule has 0 bridgehead atoms. The smallest absolute Gasteiger partial charge is 0.219 e. The predicted molar refractivity (Wildman–Crippen MR) is 68.4 cm³/mol. The average molecular weight is 314 g/mol. The molecule has 0 aromatic heterocycles. The number of rotatable bonds is 2. The first-order chi connectivity index (χ1) is 7.20. The Bertz CT molecular complexity index is 336. The summed E-state index contributed by atoms with van der Waals surface area (Å²) in [6.07, 6.45) is -0.0478. The molecular weight excluding hydrogens is 294 g/mol. The van der Waals surface area contributed by atoms with Gasteiger partial charge in [-0.2, -0.15) is 4.31 Å². The van der Waals surface area contributed by atoms with Crippen molar-refractivity contribution in [2.75, 3.05) is 18.5 Å². The van der Waals surface area contributed by atoms with Crippen LogP contribution in [0.2, 0.25) is 0 Å². The van der Waals surface area contributed by atoms with E-state index in [1.54, 1.807) is 25.1 Å². The summed E-state index contributed by atoms with van der Waals surface area (Å²) in [5.41, 5.74) is 0. The van der Waals surface area contributed by atoms with Crippen LogP contribution in [0.15, 0.2) is 0 Å². The van der Waals surface area contributed by atoms with Gasteiger partial charge < -0.3 is 4.74 Å². The van der Waals surface area contributed by atoms with Crippen molar-refractivity contribution in [3.05, 3.63) is 0 Å². The van der Waals surface area contributed by atoms with Gasteiger partial charge in [-0.25, -0.2) is 8.42 Å². The van der Waals surface area contributed by atoms with E-state index in [9.17, 15) is 8.42 Å². The summed E-state index contributed by atoms with van der Waals surface area (Å²) >= 11 is 3.33. The molecule has 6 heteroatoms. The predicted octanol–water partition coefficient (Wildman–Crippen LogP) is 1.60. The molecule has 0 aliphatic carbocycles. The molecule has 0 amide bonds. The molecule has 1 heterocycles. The summed E-state index contributed by atoms with van der Waals surface area (Å²) in [6.45, 7) is 7.97. The third-order valence-electron chi connectivity index (χ3n) is 2.70. The van der Waals surface area contributed by atoms with E-state index >= 15 is 0 Å². The minimum absolute atomic E-state index is 0.0478. The highest BCUT2D eigenvalue weighted by atomic mass is 79.9. The minimum atomic E-state index is -3.26. The van der Waals surface area contributed by atoms with Crippen LogP contribution < -0.4 is 0 Å². The first-order valence-corrected chi connectivity index (χ1v) is 7.95. The van der Waals surface area contributed by atoms with Crippen molar-refractivity contribution >= 4 is 26.0 Å². The van der Waals surface area contributed by atoms with Crippen LogP contribution in [0.4, 0.5) is 0 Å². The first kappa shape index (κ1) is 14.4. The van der Waals surface area contributed by atoms with E-state index in [0.717, 1.165) is 0 Å². The second-order valence-corrected chi connectivity index (χ2v) is 8.44. The average Bonchev–Trinajstić information content (AvgIpc) is 2.16. The lowest BCUT2D eigenvalue weighted by molar-refractivity contribution is -0.0146. The first-order valence-electron chi connectivity index (χ1n) is 5.39. The summed E-state index contributed by atoms with van der Waals surface area (Å²) in [5, 5.41) is 0.663. The van der Waals surface area contributed by atoms with Gasteiger partial charge in [0, 0.05) is 17.9 Å². The molecule has 2 unspecified atom stereocenters. The molecule has 0 aromatic rings. The summed E-state index contributed by atoms with van der Waals surface area (Å²) in [5.74, 6) is 0. The maximum absolute atomic E-state index is 12.3. The number of halogens is 1. The van der Waals surface area contributed by atoms with Crippen LogP contribution >= 0.6 is 15.9 Å². The number of sulfonamides is 1. The highest BCUT2D eigenvalue weighted by molar-refractivity contribution is 9.09. The molecule has 0 radical (unpaired) electrons. The Balaban J connectivity index is 2.93. The Kier molecular flexibility index (Phi) is 4.43. The summed E-state index contributed by atoms with van der Waals surface area (Å²) in [4.78, 5) is 0. The van der Waals surface area contributed by atoms with Crippen LogP contribution in [-0.4, -0.2) is 48.1 Å². The second-order valence-electron chi connectivity index (χ2n) is 5.15. The van der Waals surface area contributed by atoms with Crippen LogP contribution in [0.1, 0.15) is 27.7 Å². The van der Waals surface area contributed by atoms with Crippen molar-refractivity contribution in [1.82, 2.24) is 4.31 Å². The van der Waals surface area contributed by atoms with Gasteiger partial charge in [-0.15, -0.1) is 0 Å². The molecule has 1 aliphatic heterocycles. The maximum atomic E-state index is 12.3. The third-order valence-corrected chi connectivity index (χ3v) is 6.10. The lowest BCUT2D eigenvalue weighted by Gasteiger charge is -2.39. The Morgan fingerprint density at radius 3 is 2.44 bits per heavy atom. The molecule has 0 saturated carbocycles. The molecule has 1 fully saturated rings. The van der Waals surface area contributed by atoms with Crippen LogP contribution in [0.25, 0.3) is 0 Å². The zero-order valence-electron chi connectivity index (χ0n) is 10.2. The summed E-state index contributed by atoms with van der Waals surface area (Å²) in [7, 11) is -3.26. The molecule has 4 nitrogen and oxygen atoms in total. The van der Waals surface area contributed by atoms with Crippen LogP contribution in [0.5, 0.6) is 0 Å². The molecule has 0 spiro atoms. The van der Waals surface area contributed by atoms with Crippen molar-refractivity contribution in [2.24, 2.45) is 0 Å². The van der Waals surface area contributed by atoms with E-state index in [4.69, 9.17) is 4.74 Å². The van der Waals surface area contributed by atoms with Gasteiger partial charge in [-0.1, -0.05) is 15.9 Å². The largest absolute Gasteiger partial charge is 0.374 e. The van der Waals surface area contributed by atoms with E-state index < -0.39 is 14.8 Å². The van der Waals surface area contributed by atoms with Gasteiger partial charge in [0.15, 0.2) is 0 Å². The highest BCUT2D eigenvalue weighted by Gasteiger charge is 2.41. The van der Waals surface area contributed by atoms with E-state index in [-0.39, 0.29) is 12.1 Å². The molecule has 1 saturated heterocycles. The SMILES string of the molecule is CC1COC(CBr)CN1S(=O)(=O)C(C)(C)C. The zero-order valence-corrected chi connectivity index (χ0v) is 12.6. The second kappa shape index (κ2) is 4.92. The van der Waals surface area contributed by atoms with E-state index in [1.807, 2.05) is 6.92 Å². The fraction of sp³-hybridized carbons (Fsp3) is 1.00. The van der Waals surface area contributed by atoms with Gasteiger partial charge in [0.2, 0.25) is 10.0 Å². The molecule has 1 rings (SSSR count). The van der Waals surface area contributed by atoms with Crippen LogP contribution in [0.3, 0.4) is 0 Å². The quantitative estimate of drug-likeness (QED) is 0.727. The fourth-order valence-electron chi connectivity index (χ4n) is 1.57. The zero-order chi connectivity index (χ0) is 12.6. The minimum Gasteiger partial charge on any atom is -0.374 e. The Hall–Kier alpha value is 0.350. The molecule has 1 aliphatic rings. The van der Waals surface area contributed by atoms with Gasteiger partial charge in [0.25, 0.3) is 0 Å². The Morgan fingerprint density at radius 2 is 2.00 bits per heavy atom. The number of hydrogen-bond donors (Lipinski definition) is 0. The van der Waals surface area contributed by atoms with E-state index in [0.29, 0.717) is 18.5 Å². The van der Waals surface area contributed by atoms with Gasteiger partial charge in [-0.05, 0) is 27.7 Å². The maximum Gasteiger partial charge on any atom is 0.219 e. The fourth-order valence-corrected chi connectivity index (χ4v) is 3.56. The Labute approximate surface area is 107 Å². The standard InChI is InChI=1S/C10H20BrNO3S/c1-8-7-15-9(5-11)6-12(8)16(13,14)10(2,3)4/h8-9H,5-7H2,1-4H3. The highest BCUT2D eigenvalue weighted by Crippen LogP contribution is 2.25. The van der Waals surface area contributed by atoms with E-state index in [2.05, 4.69) is 15.9 Å². The van der Waals surface area contributed by atoms with Gasteiger partial charge >= 0.3 is 0 Å². The number of nitrogens with zero attached hydrogens (tertiary/aromatic N) is 1. The van der Waals surface area contributed by atoms with Crippen molar-refractivity contribution in [3.8, 4) is 0 Å². The van der Waals surface area contributed by atoms with Crippen molar-refractivity contribution in [2.45, 2.75) is 44.6 Å². The Morgan fingerprint density at radius 1 is 1.44 bits per heavy atom.